The summed E-state index contributed by atoms with van der Waals surface area (Å²) in [5.74, 6) is -1.08. The number of nitrogens with one attached hydrogen (secondary N) is 1. The molecular formula is C20H23ClN2O3. The minimum atomic E-state index is -0.544. The minimum Gasteiger partial charge on any atom is -0.465 e. The molecule has 1 atom stereocenters. The summed E-state index contributed by atoms with van der Waals surface area (Å²) < 4.78 is 4.73. The summed E-state index contributed by atoms with van der Waals surface area (Å²) in [7, 11) is 5.17. The van der Waals surface area contributed by atoms with Gasteiger partial charge in [-0.25, -0.2) is 4.79 Å². The van der Waals surface area contributed by atoms with Gasteiger partial charge in [0.05, 0.1) is 18.6 Å². The fourth-order valence-electron chi connectivity index (χ4n) is 2.84. The van der Waals surface area contributed by atoms with Gasteiger partial charge in [-0.2, -0.15) is 0 Å². The highest BCUT2D eigenvalue weighted by Gasteiger charge is 2.26. The number of esters is 1. The van der Waals surface area contributed by atoms with Crippen molar-refractivity contribution in [3.8, 4) is 0 Å². The zero-order valence-electron chi connectivity index (χ0n) is 15.4. The Balaban J connectivity index is 2.57. The molecule has 0 radical (unpaired) electrons. The summed E-state index contributed by atoms with van der Waals surface area (Å²) in [5, 5.41) is 3.45. The third kappa shape index (κ3) is 4.35. The van der Waals surface area contributed by atoms with Gasteiger partial charge in [0.1, 0.15) is 0 Å². The minimum absolute atomic E-state index is 0.122. The van der Waals surface area contributed by atoms with Crippen molar-refractivity contribution in [2.24, 2.45) is 0 Å². The van der Waals surface area contributed by atoms with Gasteiger partial charge in [-0.15, -0.1) is 0 Å². The molecule has 5 nitrogen and oxygen atoms in total. The molecule has 0 fully saturated rings. The maximum Gasteiger partial charge on any atom is 0.337 e. The summed E-state index contributed by atoms with van der Waals surface area (Å²) in [4.78, 5) is 26.4. The van der Waals surface area contributed by atoms with Crippen molar-refractivity contribution in [1.82, 2.24) is 5.32 Å². The Morgan fingerprint density at radius 2 is 1.81 bits per heavy atom. The zero-order valence-corrected chi connectivity index (χ0v) is 16.1. The summed E-state index contributed by atoms with van der Waals surface area (Å²) in [5.41, 5.74) is 2.92. The van der Waals surface area contributed by atoms with Crippen LogP contribution in [-0.4, -0.2) is 39.6 Å². The number of ether oxygens (including phenoxy) is 1. The molecule has 26 heavy (non-hydrogen) atoms. The fraction of sp³-hybridized carbons (Fsp3) is 0.300. The SMILES string of the molecule is CCNC(=O)C(c1ccc(C(=O)OC)cc1)c1cc(Cl)ccc1N(C)C. The maximum atomic E-state index is 12.8. The van der Waals surface area contributed by atoms with Crippen LogP contribution in [0.5, 0.6) is 0 Å². The number of carbonyl (C=O) groups excluding carboxylic acids is 2. The highest BCUT2D eigenvalue weighted by atomic mass is 35.5. The number of benzene rings is 2. The van der Waals surface area contributed by atoms with Gasteiger partial charge >= 0.3 is 5.97 Å². The molecule has 2 rings (SSSR count). The van der Waals surface area contributed by atoms with Gasteiger partial charge in [0, 0.05) is 31.4 Å². The van der Waals surface area contributed by atoms with E-state index in [4.69, 9.17) is 16.3 Å². The topological polar surface area (TPSA) is 58.6 Å². The molecule has 2 aromatic carbocycles. The lowest BCUT2D eigenvalue weighted by Crippen LogP contribution is -2.30. The molecule has 138 valence electrons. The first-order chi connectivity index (χ1) is 12.4. The smallest absolute Gasteiger partial charge is 0.337 e. The van der Waals surface area contributed by atoms with E-state index in [1.54, 1.807) is 30.3 Å². The Morgan fingerprint density at radius 3 is 2.35 bits per heavy atom. The normalized spacial score (nSPS) is 11.6. The van der Waals surface area contributed by atoms with E-state index >= 15 is 0 Å². The van der Waals surface area contributed by atoms with Gasteiger partial charge in [0.25, 0.3) is 0 Å². The molecule has 1 N–H and O–H groups in total. The Hall–Kier alpha value is -2.53. The van der Waals surface area contributed by atoms with Crippen molar-refractivity contribution in [1.29, 1.82) is 0 Å². The molecular weight excluding hydrogens is 352 g/mol. The second kappa shape index (κ2) is 8.72. The maximum absolute atomic E-state index is 12.8. The zero-order chi connectivity index (χ0) is 19.3. The average molecular weight is 375 g/mol. The van der Waals surface area contributed by atoms with Crippen LogP contribution in [0.3, 0.4) is 0 Å². The summed E-state index contributed by atoms with van der Waals surface area (Å²) in [6, 6.07) is 12.4. The number of anilines is 1. The van der Waals surface area contributed by atoms with Gasteiger partial charge in [-0.05, 0) is 48.4 Å². The van der Waals surface area contributed by atoms with E-state index in [2.05, 4.69) is 5.32 Å². The highest BCUT2D eigenvalue weighted by molar-refractivity contribution is 6.30. The number of halogens is 1. The standard InChI is InChI=1S/C20H23ClN2O3/c1-5-22-19(24)18(13-6-8-14(9-7-13)20(25)26-4)16-12-15(21)10-11-17(16)23(2)3/h6-12,18H,5H2,1-4H3,(H,22,24). The number of nitrogens with zero attached hydrogens (tertiary/aromatic N) is 1. The molecule has 0 aliphatic heterocycles. The van der Waals surface area contributed by atoms with Crippen molar-refractivity contribution < 1.29 is 14.3 Å². The van der Waals surface area contributed by atoms with Crippen molar-refractivity contribution in [2.75, 3.05) is 32.6 Å². The lowest BCUT2D eigenvalue weighted by molar-refractivity contribution is -0.121. The van der Waals surface area contributed by atoms with E-state index < -0.39 is 11.9 Å². The molecule has 0 aliphatic rings. The van der Waals surface area contributed by atoms with Gasteiger partial charge in [-0.1, -0.05) is 23.7 Å². The molecule has 1 unspecified atom stereocenters. The Morgan fingerprint density at radius 1 is 1.15 bits per heavy atom. The number of methoxy groups -OCH3 is 1. The predicted octanol–water partition coefficient (Wildman–Crippen LogP) is 3.46. The fourth-order valence-corrected chi connectivity index (χ4v) is 3.02. The first kappa shape index (κ1) is 19.8. The van der Waals surface area contributed by atoms with Crippen LogP contribution in [0.25, 0.3) is 0 Å². The third-order valence-corrected chi connectivity index (χ3v) is 4.30. The van der Waals surface area contributed by atoms with Gasteiger partial charge in [0.2, 0.25) is 5.91 Å². The molecule has 0 spiro atoms. The van der Waals surface area contributed by atoms with Crippen molar-refractivity contribution in [2.45, 2.75) is 12.8 Å². The predicted molar refractivity (Wildman–Crippen MR) is 104 cm³/mol. The summed E-state index contributed by atoms with van der Waals surface area (Å²) in [6.07, 6.45) is 0. The van der Waals surface area contributed by atoms with E-state index in [1.165, 1.54) is 7.11 Å². The van der Waals surface area contributed by atoms with E-state index in [9.17, 15) is 9.59 Å². The molecule has 0 aliphatic carbocycles. The summed E-state index contributed by atoms with van der Waals surface area (Å²) in [6.45, 7) is 2.40. The van der Waals surface area contributed by atoms with Crippen LogP contribution in [0.1, 0.15) is 34.3 Å². The molecule has 0 saturated carbocycles. The number of carbonyl (C=O) groups is 2. The molecule has 6 heteroatoms. The van der Waals surface area contributed by atoms with Crippen molar-refractivity contribution in [3.63, 3.8) is 0 Å². The molecule has 0 saturated heterocycles. The van der Waals surface area contributed by atoms with E-state index in [0.29, 0.717) is 17.1 Å². The van der Waals surface area contributed by atoms with E-state index in [1.807, 2.05) is 38.1 Å². The highest BCUT2D eigenvalue weighted by Crippen LogP contribution is 2.34. The van der Waals surface area contributed by atoms with Gasteiger partial charge < -0.3 is 15.0 Å². The van der Waals surface area contributed by atoms with Crippen LogP contribution in [0.2, 0.25) is 5.02 Å². The van der Waals surface area contributed by atoms with Crippen LogP contribution in [0, 0.1) is 0 Å². The Labute approximate surface area is 158 Å². The second-order valence-corrected chi connectivity index (χ2v) is 6.48. The second-order valence-electron chi connectivity index (χ2n) is 6.04. The van der Waals surface area contributed by atoms with Crippen LogP contribution in [0.15, 0.2) is 42.5 Å². The Kier molecular flexibility index (Phi) is 6.64. The molecule has 1 amide bonds. The molecule has 2 aromatic rings. The number of amides is 1. The van der Waals surface area contributed by atoms with E-state index in [-0.39, 0.29) is 5.91 Å². The average Bonchev–Trinajstić information content (AvgIpc) is 2.62. The molecule has 0 bridgehead atoms. The van der Waals surface area contributed by atoms with Crippen molar-refractivity contribution >= 4 is 29.2 Å². The number of rotatable bonds is 6. The first-order valence-corrected chi connectivity index (χ1v) is 8.69. The number of likely N-dealkylation sites (N-methyl/N-ethyl adjacent to an activating group) is 1. The number of hydrogen-bond donors (Lipinski definition) is 1. The quantitative estimate of drug-likeness (QED) is 0.787. The third-order valence-electron chi connectivity index (χ3n) is 4.06. The largest absolute Gasteiger partial charge is 0.465 e. The number of hydrogen-bond acceptors (Lipinski definition) is 4. The lowest BCUT2D eigenvalue weighted by Gasteiger charge is -2.24. The van der Waals surface area contributed by atoms with Crippen LogP contribution in [0.4, 0.5) is 5.69 Å². The van der Waals surface area contributed by atoms with Crippen LogP contribution in [-0.2, 0) is 9.53 Å². The van der Waals surface area contributed by atoms with Gasteiger partial charge in [-0.3, -0.25) is 4.79 Å². The van der Waals surface area contributed by atoms with Crippen LogP contribution < -0.4 is 10.2 Å². The Bertz CT molecular complexity index is 788. The van der Waals surface area contributed by atoms with Crippen molar-refractivity contribution in [3.05, 3.63) is 64.2 Å². The summed E-state index contributed by atoms with van der Waals surface area (Å²) >= 11 is 6.21. The van der Waals surface area contributed by atoms with E-state index in [0.717, 1.165) is 16.8 Å². The lowest BCUT2D eigenvalue weighted by atomic mass is 9.88. The first-order valence-electron chi connectivity index (χ1n) is 8.31. The van der Waals surface area contributed by atoms with Gasteiger partial charge in [0.15, 0.2) is 0 Å². The monoisotopic (exact) mass is 374 g/mol. The molecule has 0 aromatic heterocycles. The molecule has 0 heterocycles. The van der Waals surface area contributed by atoms with Crippen LogP contribution >= 0.6 is 11.6 Å².